The van der Waals surface area contributed by atoms with E-state index >= 15 is 0 Å². The molecule has 160 valence electrons. The molecule has 0 radical (unpaired) electrons. The minimum atomic E-state index is -0.395. The van der Waals surface area contributed by atoms with Crippen molar-refractivity contribution < 1.29 is 4.79 Å². The number of thiazole rings is 1. The van der Waals surface area contributed by atoms with Crippen molar-refractivity contribution in [2.24, 2.45) is 0 Å². The number of carbonyl (C=O) groups is 1. The molecule has 1 saturated heterocycles. The van der Waals surface area contributed by atoms with E-state index in [1.165, 1.54) is 33.2 Å². The Morgan fingerprint density at radius 1 is 1.19 bits per heavy atom. The molecule has 31 heavy (non-hydrogen) atoms. The number of aryl methyl sites for hydroxylation is 1. The molecular weight excluding hydrogens is 414 g/mol. The summed E-state index contributed by atoms with van der Waals surface area (Å²) in [7, 11) is 0. The van der Waals surface area contributed by atoms with Gasteiger partial charge in [0, 0.05) is 18.8 Å². The van der Waals surface area contributed by atoms with E-state index in [1.54, 1.807) is 0 Å². The zero-order valence-electron chi connectivity index (χ0n) is 17.5. The molecule has 5 rings (SSSR count). The van der Waals surface area contributed by atoms with Crippen molar-refractivity contribution in [1.82, 2.24) is 24.1 Å². The first-order valence-electron chi connectivity index (χ1n) is 10.4. The fourth-order valence-electron chi connectivity index (χ4n) is 3.86. The van der Waals surface area contributed by atoms with Gasteiger partial charge in [-0.3, -0.25) is 4.79 Å². The van der Waals surface area contributed by atoms with Gasteiger partial charge in [0.1, 0.15) is 17.6 Å². The Kier molecular flexibility index (Phi) is 4.93. The number of rotatable bonds is 4. The molecule has 1 aliphatic rings. The van der Waals surface area contributed by atoms with E-state index in [9.17, 15) is 9.59 Å². The molecule has 1 aliphatic heterocycles. The van der Waals surface area contributed by atoms with Gasteiger partial charge in [0.05, 0.1) is 0 Å². The number of amides is 1. The number of benzene rings is 1. The standard InChI is InChI=1S/C21H23N7O2S/c1-13-7-6-8-15(14(13)2)23-16(29)11-28-21(30)27-12-22-18-17(19(27)25-28)31-20(24-18)26-9-4-3-5-10-26/h6-8,12H,3-5,9-11H2,1-2H3,(H,23,29). The van der Waals surface area contributed by atoms with Gasteiger partial charge in [0.15, 0.2) is 16.4 Å². The van der Waals surface area contributed by atoms with Crippen LogP contribution in [0.3, 0.4) is 0 Å². The Morgan fingerprint density at radius 2 is 2.00 bits per heavy atom. The molecule has 1 aromatic carbocycles. The second kappa shape index (κ2) is 7.77. The summed E-state index contributed by atoms with van der Waals surface area (Å²) in [5, 5.41) is 8.22. The smallest absolute Gasteiger partial charge is 0.348 e. The van der Waals surface area contributed by atoms with Crippen LogP contribution in [0.1, 0.15) is 30.4 Å². The van der Waals surface area contributed by atoms with Crippen LogP contribution in [0.25, 0.3) is 16.0 Å². The van der Waals surface area contributed by atoms with Crippen molar-refractivity contribution in [3.8, 4) is 0 Å². The summed E-state index contributed by atoms with van der Waals surface area (Å²) in [6, 6.07) is 5.73. The van der Waals surface area contributed by atoms with E-state index in [4.69, 9.17) is 0 Å². The van der Waals surface area contributed by atoms with Crippen LogP contribution in [-0.2, 0) is 11.3 Å². The highest BCUT2D eigenvalue weighted by atomic mass is 32.1. The van der Waals surface area contributed by atoms with Crippen LogP contribution in [0, 0.1) is 13.8 Å². The SMILES string of the molecule is Cc1cccc(NC(=O)Cn2nc3c4sc(N5CCCCC5)nc4ncn3c2=O)c1C. The lowest BCUT2D eigenvalue weighted by atomic mass is 10.1. The Hall–Kier alpha value is -3.27. The molecule has 0 saturated carbocycles. The molecular formula is C21H23N7O2S. The molecule has 3 aromatic heterocycles. The third-order valence-electron chi connectivity index (χ3n) is 5.77. The first-order chi connectivity index (χ1) is 15.0. The van der Waals surface area contributed by atoms with E-state index < -0.39 is 5.69 Å². The number of aromatic nitrogens is 5. The summed E-state index contributed by atoms with van der Waals surface area (Å²) in [5.41, 5.74) is 3.49. The van der Waals surface area contributed by atoms with Crippen LogP contribution >= 0.6 is 11.3 Å². The molecule has 0 unspecified atom stereocenters. The molecule has 1 amide bonds. The number of nitrogens with one attached hydrogen (secondary N) is 1. The average Bonchev–Trinajstić information content (AvgIpc) is 3.34. The van der Waals surface area contributed by atoms with Crippen molar-refractivity contribution in [3.05, 3.63) is 46.1 Å². The Labute approximate surface area is 182 Å². The maximum atomic E-state index is 12.8. The maximum absolute atomic E-state index is 12.8. The number of carbonyl (C=O) groups excluding carboxylic acids is 1. The fourth-order valence-corrected chi connectivity index (χ4v) is 4.91. The number of anilines is 2. The van der Waals surface area contributed by atoms with Crippen molar-refractivity contribution >= 4 is 44.1 Å². The highest BCUT2D eigenvalue weighted by Crippen LogP contribution is 2.31. The van der Waals surface area contributed by atoms with Gasteiger partial charge in [0.2, 0.25) is 5.91 Å². The topological polar surface area (TPSA) is 97.4 Å². The summed E-state index contributed by atoms with van der Waals surface area (Å²) >= 11 is 1.50. The molecule has 9 nitrogen and oxygen atoms in total. The van der Waals surface area contributed by atoms with E-state index in [0.717, 1.165) is 52.6 Å². The van der Waals surface area contributed by atoms with E-state index in [1.807, 2.05) is 32.0 Å². The van der Waals surface area contributed by atoms with Gasteiger partial charge in [-0.15, -0.1) is 5.10 Å². The van der Waals surface area contributed by atoms with Crippen LogP contribution in [0.15, 0.2) is 29.3 Å². The van der Waals surface area contributed by atoms with Crippen LogP contribution in [0.4, 0.5) is 10.8 Å². The fraction of sp³-hybridized carbons (Fsp3) is 0.381. The molecule has 4 aromatic rings. The van der Waals surface area contributed by atoms with Crippen molar-refractivity contribution in [3.63, 3.8) is 0 Å². The molecule has 1 fully saturated rings. The summed E-state index contributed by atoms with van der Waals surface area (Å²) in [6.07, 6.45) is 4.99. The number of hydrogen-bond acceptors (Lipinski definition) is 7. The van der Waals surface area contributed by atoms with Gasteiger partial charge in [-0.2, -0.15) is 4.98 Å². The van der Waals surface area contributed by atoms with Gasteiger partial charge in [-0.25, -0.2) is 18.9 Å². The summed E-state index contributed by atoms with van der Waals surface area (Å²) in [6.45, 7) is 5.73. The second-order valence-electron chi connectivity index (χ2n) is 7.87. The summed E-state index contributed by atoms with van der Waals surface area (Å²) in [5.74, 6) is -0.304. The van der Waals surface area contributed by atoms with Crippen molar-refractivity contribution in [2.75, 3.05) is 23.3 Å². The monoisotopic (exact) mass is 437 g/mol. The van der Waals surface area contributed by atoms with Crippen LogP contribution in [0.5, 0.6) is 0 Å². The predicted octanol–water partition coefficient (Wildman–Crippen LogP) is 2.75. The third-order valence-corrected chi connectivity index (χ3v) is 6.87. The first kappa shape index (κ1) is 19.7. The lowest BCUT2D eigenvalue weighted by Crippen LogP contribution is -2.29. The highest BCUT2D eigenvalue weighted by molar-refractivity contribution is 7.22. The molecule has 4 heterocycles. The number of piperidine rings is 1. The van der Waals surface area contributed by atoms with E-state index in [0.29, 0.717) is 11.3 Å². The van der Waals surface area contributed by atoms with Crippen LogP contribution in [-0.4, -0.2) is 43.1 Å². The number of nitrogens with zero attached hydrogens (tertiary/aromatic N) is 6. The van der Waals surface area contributed by atoms with Crippen LogP contribution in [0.2, 0.25) is 0 Å². The summed E-state index contributed by atoms with van der Waals surface area (Å²) in [4.78, 5) is 36.7. The Bertz CT molecular complexity index is 1350. The number of fused-ring (bicyclic) bond motifs is 3. The van der Waals surface area contributed by atoms with Gasteiger partial charge < -0.3 is 10.2 Å². The van der Waals surface area contributed by atoms with Gasteiger partial charge >= 0.3 is 5.69 Å². The minimum absolute atomic E-state index is 0.173. The molecule has 10 heteroatoms. The molecule has 0 spiro atoms. The molecule has 0 bridgehead atoms. The normalized spacial score (nSPS) is 14.5. The van der Waals surface area contributed by atoms with Crippen molar-refractivity contribution in [2.45, 2.75) is 39.7 Å². The Balaban J connectivity index is 1.45. The van der Waals surface area contributed by atoms with Crippen LogP contribution < -0.4 is 15.9 Å². The molecule has 1 N–H and O–H groups in total. The lowest BCUT2D eigenvalue weighted by molar-refractivity contribution is -0.117. The summed E-state index contributed by atoms with van der Waals surface area (Å²) < 4.78 is 3.32. The van der Waals surface area contributed by atoms with Crippen molar-refractivity contribution in [1.29, 1.82) is 0 Å². The number of hydrogen-bond donors (Lipinski definition) is 1. The molecule has 0 atom stereocenters. The van der Waals surface area contributed by atoms with Gasteiger partial charge in [-0.1, -0.05) is 23.5 Å². The quantitative estimate of drug-likeness (QED) is 0.527. The zero-order chi connectivity index (χ0) is 21.5. The molecule has 0 aliphatic carbocycles. The predicted molar refractivity (Wildman–Crippen MR) is 121 cm³/mol. The lowest BCUT2D eigenvalue weighted by Gasteiger charge is -2.25. The first-order valence-corrected chi connectivity index (χ1v) is 11.2. The maximum Gasteiger partial charge on any atom is 0.352 e. The highest BCUT2D eigenvalue weighted by Gasteiger charge is 2.20. The average molecular weight is 438 g/mol. The largest absolute Gasteiger partial charge is 0.352 e. The van der Waals surface area contributed by atoms with Gasteiger partial charge in [-0.05, 0) is 50.3 Å². The second-order valence-corrected chi connectivity index (χ2v) is 8.85. The minimum Gasteiger partial charge on any atom is -0.348 e. The van der Waals surface area contributed by atoms with Gasteiger partial charge in [0.25, 0.3) is 0 Å². The zero-order valence-corrected chi connectivity index (χ0v) is 18.3. The van der Waals surface area contributed by atoms with E-state index in [-0.39, 0.29) is 12.5 Å². The Morgan fingerprint density at radius 3 is 2.81 bits per heavy atom. The third kappa shape index (κ3) is 3.56. The van der Waals surface area contributed by atoms with E-state index in [2.05, 4.69) is 25.3 Å².